The Labute approximate surface area is 116 Å². The van der Waals surface area contributed by atoms with E-state index in [-0.39, 0.29) is 6.04 Å². The monoisotopic (exact) mass is 281 g/mol. The highest BCUT2D eigenvalue weighted by Crippen LogP contribution is 2.27. The number of aromatic nitrogens is 1. The van der Waals surface area contributed by atoms with Gasteiger partial charge in [0, 0.05) is 28.6 Å². The van der Waals surface area contributed by atoms with Crippen LogP contribution in [0.5, 0.6) is 0 Å². The van der Waals surface area contributed by atoms with E-state index in [0.717, 1.165) is 18.4 Å². The molecule has 5 heteroatoms. The van der Waals surface area contributed by atoms with Crippen molar-refractivity contribution in [2.75, 3.05) is 0 Å². The molecular formula is C13H16ClN3S. The number of thiophene rings is 1. The second-order valence-corrected chi connectivity index (χ2v) is 5.70. The van der Waals surface area contributed by atoms with E-state index in [0.29, 0.717) is 5.02 Å². The number of nitrogens with zero attached hydrogens (tertiary/aromatic N) is 1. The van der Waals surface area contributed by atoms with E-state index in [1.807, 2.05) is 17.4 Å². The van der Waals surface area contributed by atoms with Crippen LogP contribution in [-0.2, 0) is 12.8 Å². The van der Waals surface area contributed by atoms with Crippen LogP contribution in [0.2, 0.25) is 5.02 Å². The largest absolute Gasteiger partial charge is 0.271 e. The van der Waals surface area contributed by atoms with E-state index in [1.165, 1.54) is 9.75 Å². The maximum Gasteiger partial charge on any atom is 0.0637 e. The lowest BCUT2D eigenvalue weighted by Gasteiger charge is -2.16. The molecule has 0 saturated heterocycles. The highest BCUT2D eigenvalue weighted by Gasteiger charge is 2.14. The maximum atomic E-state index is 6.14. The van der Waals surface area contributed by atoms with Crippen molar-refractivity contribution >= 4 is 22.9 Å². The molecule has 0 saturated carbocycles. The Hall–Kier alpha value is -0.940. The number of nitrogens with one attached hydrogen (secondary N) is 1. The van der Waals surface area contributed by atoms with E-state index in [9.17, 15) is 0 Å². The first kappa shape index (κ1) is 13.5. The molecule has 0 spiro atoms. The number of aryl methyl sites for hydroxylation is 1. The number of pyridine rings is 1. The molecule has 1 atom stereocenters. The first-order chi connectivity index (χ1) is 8.74. The average Bonchev–Trinajstić information content (AvgIpc) is 2.85. The van der Waals surface area contributed by atoms with Crippen LogP contribution in [-0.4, -0.2) is 4.98 Å². The van der Waals surface area contributed by atoms with Crippen LogP contribution < -0.4 is 11.3 Å². The zero-order chi connectivity index (χ0) is 13.0. The summed E-state index contributed by atoms with van der Waals surface area (Å²) in [5, 5.41) is 0.646. The maximum absolute atomic E-state index is 6.14. The zero-order valence-electron chi connectivity index (χ0n) is 10.2. The molecule has 0 fully saturated rings. The van der Waals surface area contributed by atoms with Gasteiger partial charge in [-0.2, -0.15) is 0 Å². The van der Waals surface area contributed by atoms with Crippen LogP contribution >= 0.6 is 22.9 Å². The van der Waals surface area contributed by atoms with Crippen LogP contribution in [0.25, 0.3) is 0 Å². The summed E-state index contributed by atoms with van der Waals surface area (Å²) in [4.78, 5) is 6.69. The fraction of sp³-hybridized carbons (Fsp3) is 0.308. The van der Waals surface area contributed by atoms with E-state index >= 15 is 0 Å². The highest BCUT2D eigenvalue weighted by molar-refractivity contribution is 7.11. The Kier molecular flexibility index (Phi) is 4.72. The van der Waals surface area contributed by atoms with Gasteiger partial charge in [-0.3, -0.25) is 16.3 Å². The third kappa shape index (κ3) is 3.09. The van der Waals surface area contributed by atoms with Crippen molar-refractivity contribution in [3.8, 4) is 0 Å². The SMILES string of the molecule is CCc1ccc(CC(NN)c2ccncc2Cl)s1. The van der Waals surface area contributed by atoms with Crippen LogP contribution in [0, 0.1) is 0 Å². The van der Waals surface area contributed by atoms with Crippen molar-refractivity contribution in [3.63, 3.8) is 0 Å². The molecule has 0 aromatic carbocycles. The zero-order valence-corrected chi connectivity index (χ0v) is 11.8. The summed E-state index contributed by atoms with van der Waals surface area (Å²) in [5.41, 5.74) is 3.82. The normalized spacial score (nSPS) is 12.6. The summed E-state index contributed by atoms with van der Waals surface area (Å²) >= 11 is 7.96. The summed E-state index contributed by atoms with van der Waals surface area (Å²) in [5.74, 6) is 5.64. The Morgan fingerprint density at radius 1 is 1.39 bits per heavy atom. The molecule has 2 rings (SSSR count). The van der Waals surface area contributed by atoms with E-state index in [4.69, 9.17) is 17.4 Å². The fourth-order valence-electron chi connectivity index (χ4n) is 1.85. The topological polar surface area (TPSA) is 50.9 Å². The van der Waals surface area contributed by atoms with Gasteiger partial charge in [0.15, 0.2) is 0 Å². The lowest BCUT2D eigenvalue weighted by Crippen LogP contribution is -2.29. The molecular weight excluding hydrogens is 266 g/mol. The number of nitrogens with two attached hydrogens (primary N) is 1. The van der Waals surface area contributed by atoms with Crippen LogP contribution in [0.15, 0.2) is 30.6 Å². The second kappa shape index (κ2) is 6.29. The molecule has 2 aromatic heterocycles. The molecule has 18 heavy (non-hydrogen) atoms. The Morgan fingerprint density at radius 3 is 2.78 bits per heavy atom. The molecule has 0 aliphatic heterocycles. The minimum atomic E-state index is 0.0175. The Bertz CT molecular complexity index is 512. The number of hydrogen-bond acceptors (Lipinski definition) is 4. The third-order valence-corrected chi connectivity index (χ3v) is 4.42. The van der Waals surface area contributed by atoms with Crippen molar-refractivity contribution in [1.29, 1.82) is 0 Å². The van der Waals surface area contributed by atoms with Crippen molar-refractivity contribution in [2.45, 2.75) is 25.8 Å². The lowest BCUT2D eigenvalue weighted by molar-refractivity contribution is 0.555. The molecule has 96 valence electrons. The predicted molar refractivity (Wildman–Crippen MR) is 76.7 cm³/mol. The first-order valence-corrected chi connectivity index (χ1v) is 7.07. The number of hydrogen-bond donors (Lipinski definition) is 2. The molecule has 2 aromatic rings. The quantitative estimate of drug-likeness (QED) is 0.654. The molecule has 0 aliphatic rings. The molecule has 1 unspecified atom stereocenters. The molecule has 0 amide bonds. The lowest BCUT2D eigenvalue weighted by atomic mass is 10.1. The smallest absolute Gasteiger partial charge is 0.0637 e. The number of halogens is 1. The van der Waals surface area contributed by atoms with Crippen molar-refractivity contribution in [2.24, 2.45) is 5.84 Å². The van der Waals surface area contributed by atoms with Gasteiger partial charge in [-0.05, 0) is 30.2 Å². The minimum absolute atomic E-state index is 0.0175. The summed E-state index contributed by atoms with van der Waals surface area (Å²) in [6.45, 7) is 2.16. The molecule has 0 aliphatic carbocycles. The third-order valence-electron chi connectivity index (χ3n) is 2.85. The number of hydrazine groups is 1. The summed E-state index contributed by atoms with van der Waals surface area (Å²) in [6, 6.07) is 6.25. The highest BCUT2D eigenvalue weighted by atomic mass is 35.5. The van der Waals surface area contributed by atoms with Gasteiger partial charge in [0.25, 0.3) is 0 Å². The van der Waals surface area contributed by atoms with E-state index < -0.39 is 0 Å². The van der Waals surface area contributed by atoms with Gasteiger partial charge in [0.05, 0.1) is 11.1 Å². The Morgan fingerprint density at radius 2 is 2.17 bits per heavy atom. The van der Waals surface area contributed by atoms with E-state index in [2.05, 4.69) is 29.5 Å². The molecule has 0 radical (unpaired) electrons. The van der Waals surface area contributed by atoms with Crippen LogP contribution in [0.3, 0.4) is 0 Å². The van der Waals surface area contributed by atoms with Crippen molar-refractivity contribution < 1.29 is 0 Å². The number of rotatable bonds is 5. The average molecular weight is 282 g/mol. The molecule has 2 heterocycles. The molecule has 3 N–H and O–H groups in total. The fourth-order valence-corrected chi connectivity index (χ4v) is 3.10. The molecule has 3 nitrogen and oxygen atoms in total. The van der Waals surface area contributed by atoms with Crippen molar-refractivity contribution in [3.05, 3.63) is 50.9 Å². The molecule has 0 bridgehead atoms. The Balaban J connectivity index is 2.17. The van der Waals surface area contributed by atoms with Gasteiger partial charge >= 0.3 is 0 Å². The summed E-state index contributed by atoms with van der Waals surface area (Å²) in [7, 11) is 0. The van der Waals surface area contributed by atoms with Gasteiger partial charge in [0.1, 0.15) is 0 Å². The second-order valence-electron chi connectivity index (χ2n) is 4.04. The summed E-state index contributed by atoms with van der Waals surface area (Å²) < 4.78 is 0. The van der Waals surface area contributed by atoms with Gasteiger partial charge in [-0.1, -0.05) is 18.5 Å². The van der Waals surface area contributed by atoms with Crippen LogP contribution in [0.1, 0.15) is 28.3 Å². The van der Waals surface area contributed by atoms with E-state index in [1.54, 1.807) is 12.4 Å². The van der Waals surface area contributed by atoms with Crippen molar-refractivity contribution in [1.82, 2.24) is 10.4 Å². The van der Waals surface area contributed by atoms with Gasteiger partial charge < -0.3 is 0 Å². The first-order valence-electron chi connectivity index (χ1n) is 5.87. The van der Waals surface area contributed by atoms with Crippen LogP contribution in [0.4, 0.5) is 0 Å². The standard InChI is InChI=1S/C13H16ClN3S/c1-2-9-3-4-10(18-9)7-13(17-15)11-5-6-16-8-12(11)14/h3-6,8,13,17H,2,7,15H2,1H3. The predicted octanol–water partition coefficient (Wildman–Crippen LogP) is 3.11. The van der Waals surface area contributed by atoms with Gasteiger partial charge in [-0.15, -0.1) is 11.3 Å². The minimum Gasteiger partial charge on any atom is -0.271 e. The van der Waals surface area contributed by atoms with Gasteiger partial charge in [0.2, 0.25) is 0 Å². The summed E-state index contributed by atoms with van der Waals surface area (Å²) in [6.07, 6.45) is 5.29. The van der Waals surface area contributed by atoms with Gasteiger partial charge in [-0.25, -0.2) is 0 Å².